The van der Waals surface area contributed by atoms with Crippen LogP contribution in [0.1, 0.15) is 12.8 Å². The van der Waals surface area contributed by atoms with Crippen LogP contribution in [-0.2, 0) is 4.74 Å². The van der Waals surface area contributed by atoms with E-state index in [-0.39, 0.29) is 0 Å². The van der Waals surface area contributed by atoms with Crippen LogP contribution in [0.15, 0.2) is 24.3 Å². The molecule has 1 heterocycles. The van der Waals surface area contributed by atoms with E-state index in [1.165, 1.54) is 12.8 Å². The lowest BCUT2D eigenvalue weighted by Crippen LogP contribution is -2.29. The predicted octanol–water partition coefficient (Wildman–Crippen LogP) is 1.84. The zero-order valence-electron chi connectivity index (χ0n) is 10.9. The van der Waals surface area contributed by atoms with Crippen LogP contribution in [0.25, 0.3) is 0 Å². The van der Waals surface area contributed by atoms with Crippen molar-refractivity contribution in [2.75, 3.05) is 33.4 Å². The molecule has 4 nitrogen and oxygen atoms in total. The molecule has 1 N–H and O–H groups in total. The number of ether oxygens (including phenoxy) is 3. The van der Waals surface area contributed by atoms with Gasteiger partial charge in [0, 0.05) is 19.7 Å². The van der Waals surface area contributed by atoms with Crippen molar-refractivity contribution in [2.45, 2.75) is 18.9 Å². The fourth-order valence-corrected chi connectivity index (χ4v) is 1.98. The lowest BCUT2D eigenvalue weighted by molar-refractivity contribution is 0.109. The van der Waals surface area contributed by atoms with Gasteiger partial charge in [0.25, 0.3) is 0 Å². The molecule has 0 aliphatic carbocycles. The molecule has 0 bridgehead atoms. The van der Waals surface area contributed by atoms with E-state index in [9.17, 15) is 0 Å². The Balaban J connectivity index is 1.56. The van der Waals surface area contributed by atoms with Gasteiger partial charge in [0.05, 0.1) is 13.2 Å². The second-order valence-electron chi connectivity index (χ2n) is 4.36. The molecule has 1 fully saturated rings. The van der Waals surface area contributed by atoms with Crippen LogP contribution in [-0.4, -0.2) is 39.5 Å². The molecule has 0 aromatic heterocycles. The van der Waals surface area contributed by atoms with E-state index in [4.69, 9.17) is 14.2 Å². The Hall–Kier alpha value is -1.26. The Morgan fingerprint density at radius 3 is 2.72 bits per heavy atom. The number of hydrogen-bond donors (Lipinski definition) is 1. The summed E-state index contributed by atoms with van der Waals surface area (Å²) in [7, 11) is 1.66. The fraction of sp³-hybridized carbons (Fsp3) is 0.571. The van der Waals surface area contributed by atoms with Gasteiger partial charge in [0.1, 0.15) is 18.1 Å². The van der Waals surface area contributed by atoms with E-state index in [0.29, 0.717) is 12.7 Å². The first-order valence-corrected chi connectivity index (χ1v) is 6.47. The summed E-state index contributed by atoms with van der Waals surface area (Å²) in [4.78, 5) is 0. The number of hydrogen-bond acceptors (Lipinski definition) is 4. The third-order valence-electron chi connectivity index (χ3n) is 3.00. The molecule has 1 atom stereocenters. The minimum atomic E-state index is 0.394. The van der Waals surface area contributed by atoms with Gasteiger partial charge in [-0.2, -0.15) is 0 Å². The van der Waals surface area contributed by atoms with Crippen molar-refractivity contribution < 1.29 is 14.2 Å². The minimum absolute atomic E-state index is 0.394. The van der Waals surface area contributed by atoms with Crippen LogP contribution >= 0.6 is 0 Å². The molecular weight excluding hydrogens is 230 g/mol. The van der Waals surface area contributed by atoms with E-state index >= 15 is 0 Å². The summed E-state index contributed by atoms with van der Waals surface area (Å²) in [5.74, 6) is 1.72. The fourth-order valence-electron chi connectivity index (χ4n) is 1.98. The highest BCUT2D eigenvalue weighted by Crippen LogP contribution is 2.16. The second-order valence-corrected chi connectivity index (χ2v) is 4.36. The van der Waals surface area contributed by atoms with Gasteiger partial charge in [-0.1, -0.05) is 0 Å². The molecule has 0 saturated carbocycles. The van der Waals surface area contributed by atoms with Crippen molar-refractivity contribution in [1.82, 2.24) is 5.32 Å². The van der Waals surface area contributed by atoms with Crippen molar-refractivity contribution in [2.24, 2.45) is 0 Å². The average molecular weight is 251 g/mol. The number of benzene rings is 1. The van der Waals surface area contributed by atoms with Crippen LogP contribution in [0.2, 0.25) is 0 Å². The van der Waals surface area contributed by atoms with Gasteiger partial charge in [-0.15, -0.1) is 0 Å². The van der Waals surface area contributed by atoms with E-state index in [2.05, 4.69) is 5.32 Å². The van der Waals surface area contributed by atoms with Crippen LogP contribution < -0.4 is 14.8 Å². The molecule has 100 valence electrons. The van der Waals surface area contributed by atoms with Gasteiger partial charge < -0.3 is 19.5 Å². The Morgan fingerprint density at radius 1 is 1.28 bits per heavy atom. The highest BCUT2D eigenvalue weighted by Gasteiger charge is 2.14. The van der Waals surface area contributed by atoms with E-state index in [1.54, 1.807) is 7.11 Å². The molecule has 0 amide bonds. The van der Waals surface area contributed by atoms with E-state index in [0.717, 1.165) is 31.2 Å². The summed E-state index contributed by atoms with van der Waals surface area (Å²) in [6.07, 6.45) is 2.76. The van der Waals surface area contributed by atoms with Crippen molar-refractivity contribution in [1.29, 1.82) is 0 Å². The Kier molecular flexibility index (Phi) is 5.30. The molecule has 0 spiro atoms. The molecule has 1 saturated heterocycles. The largest absolute Gasteiger partial charge is 0.497 e. The van der Waals surface area contributed by atoms with Crippen molar-refractivity contribution in [3.05, 3.63) is 24.3 Å². The Morgan fingerprint density at radius 2 is 2.06 bits per heavy atom. The SMILES string of the molecule is COc1ccc(OCCNC[C@H]2CCCO2)cc1. The van der Waals surface area contributed by atoms with Gasteiger partial charge in [-0.05, 0) is 37.1 Å². The number of methoxy groups -OCH3 is 1. The van der Waals surface area contributed by atoms with E-state index < -0.39 is 0 Å². The molecule has 0 radical (unpaired) electrons. The molecule has 1 aliphatic rings. The summed E-state index contributed by atoms with van der Waals surface area (Å²) >= 11 is 0. The summed E-state index contributed by atoms with van der Waals surface area (Å²) in [6, 6.07) is 7.63. The minimum Gasteiger partial charge on any atom is -0.497 e. The molecule has 1 aromatic rings. The summed E-state index contributed by atoms with van der Waals surface area (Å²) < 4.78 is 16.2. The monoisotopic (exact) mass is 251 g/mol. The maximum absolute atomic E-state index is 5.61. The average Bonchev–Trinajstić information content (AvgIpc) is 2.92. The molecule has 1 aliphatic heterocycles. The third kappa shape index (κ3) is 4.20. The predicted molar refractivity (Wildman–Crippen MR) is 70.3 cm³/mol. The smallest absolute Gasteiger partial charge is 0.119 e. The zero-order valence-corrected chi connectivity index (χ0v) is 10.9. The molecule has 1 aromatic carbocycles. The normalized spacial score (nSPS) is 18.8. The van der Waals surface area contributed by atoms with E-state index in [1.807, 2.05) is 24.3 Å². The first kappa shape index (κ1) is 13.2. The second kappa shape index (κ2) is 7.24. The standard InChI is InChI=1S/C14H21NO3/c1-16-12-4-6-13(7-5-12)18-10-8-15-11-14-3-2-9-17-14/h4-7,14-15H,2-3,8-11H2,1H3/t14-/m1/s1. The van der Waals surface area contributed by atoms with Crippen LogP contribution in [0.4, 0.5) is 0 Å². The summed E-state index contributed by atoms with van der Waals surface area (Å²) in [5.41, 5.74) is 0. The first-order valence-electron chi connectivity index (χ1n) is 6.47. The van der Waals surface area contributed by atoms with Gasteiger partial charge in [0.2, 0.25) is 0 Å². The number of nitrogens with one attached hydrogen (secondary N) is 1. The lowest BCUT2D eigenvalue weighted by atomic mass is 10.2. The maximum Gasteiger partial charge on any atom is 0.119 e. The van der Waals surface area contributed by atoms with Crippen LogP contribution in [0.3, 0.4) is 0 Å². The lowest BCUT2D eigenvalue weighted by Gasteiger charge is -2.11. The van der Waals surface area contributed by atoms with Crippen molar-refractivity contribution in [3.63, 3.8) is 0 Å². The Labute approximate surface area is 108 Å². The zero-order chi connectivity index (χ0) is 12.6. The molecule has 4 heteroatoms. The first-order chi connectivity index (χ1) is 8.88. The highest BCUT2D eigenvalue weighted by atomic mass is 16.5. The van der Waals surface area contributed by atoms with Gasteiger partial charge in [-0.3, -0.25) is 0 Å². The topological polar surface area (TPSA) is 39.7 Å². The molecule has 2 rings (SSSR count). The quantitative estimate of drug-likeness (QED) is 0.751. The van der Waals surface area contributed by atoms with Crippen LogP contribution in [0, 0.1) is 0 Å². The van der Waals surface area contributed by atoms with Crippen molar-refractivity contribution >= 4 is 0 Å². The molecule has 18 heavy (non-hydrogen) atoms. The van der Waals surface area contributed by atoms with Gasteiger partial charge >= 0.3 is 0 Å². The molecule has 0 unspecified atom stereocenters. The summed E-state index contributed by atoms with van der Waals surface area (Å²) in [5, 5.41) is 3.35. The Bertz CT molecular complexity index is 333. The third-order valence-corrected chi connectivity index (χ3v) is 3.00. The van der Waals surface area contributed by atoms with Crippen molar-refractivity contribution in [3.8, 4) is 11.5 Å². The summed E-state index contributed by atoms with van der Waals surface area (Å²) in [6.45, 7) is 3.34. The maximum atomic E-state index is 5.61. The van der Waals surface area contributed by atoms with Gasteiger partial charge in [-0.25, -0.2) is 0 Å². The molecular formula is C14H21NO3. The highest BCUT2D eigenvalue weighted by molar-refractivity contribution is 5.31. The number of rotatable bonds is 7. The van der Waals surface area contributed by atoms with Crippen LogP contribution in [0.5, 0.6) is 11.5 Å². The van der Waals surface area contributed by atoms with Gasteiger partial charge in [0.15, 0.2) is 0 Å².